The van der Waals surface area contributed by atoms with Crippen LogP contribution in [-0.4, -0.2) is 54.9 Å². The summed E-state index contributed by atoms with van der Waals surface area (Å²) in [5, 5.41) is 14.5. The fourth-order valence-corrected chi connectivity index (χ4v) is 2.56. The molecule has 3 N–H and O–H groups in total. The van der Waals surface area contributed by atoms with Gasteiger partial charge in [-0.2, -0.15) is 0 Å². The maximum absolute atomic E-state index is 11.6. The van der Waals surface area contributed by atoms with Gasteiger partial charge in [0.05, 0.1) is 12.6 Å². The number of rotatable bonds is 6. The molecule has 0 bridgehead atoms. The van der Waals surface area contributed by atoms with Crippen LogP contribution in [0.3, 0.4) is 0 Å². The van der Waals surface area contributed by atoms with E-state index in [1.165, 1.54) is 19.4 Å². The van der Waals surface area contributed by atoms with Crippen LogP contribution in [0.5, 0.6) is 0 Å². The molecule has 1 rings (SSSR count). The second-order valence-corrected chi connectivity index (χ2v) is 6.10. The van der Waals surface area contributed by atoms with Crippen LogP contribution in [0, 0.1) is 11.8 Å². The second-order valence-electron chi connectivity index (χ2n) is 6.10. The van der Waals surface area contributed by atoms with E-state index in [1.807, 2.05) is 0 Å². The first-order chi connectivity index (χ1) is 9.01. The van der Waals surface area contributed by atoms with Gasteiger partial charge in [0, 0.05) is 19.6 Å². The van der Waals surface area contributed by atoms with E-state index in [0.29, 0.717) is 11.8 Å². The third kappa shape index (κ3) is 6.78. The Morgan fingerprint density at radius 1 is 1.42 bits per heavy atom. The van der Waals surface area contributed by atoms with Gasteiger partial charge in [0.1, 0.15) is 0 Å². The van der Waals surface area contributed by atoms with Crippen LogP contribution in [0.25, 0.3) is 0 Å². The summed E-state index contributed by atoms with van der Waals surface area (Å²) in [6.45, 7) is 10.4. The summed E-state index contributed by atoms with van der Waals surface area (Å²) in [6.07, 6.45) is 2.40. The first kappa shape index (κ1) is 16.2. The molecule has 0 aromatic rings. The molecule has 2 atom stereocenters. The van der Waals surface area contributed by atoms with Gasteiger partial charge in [-0.25, -0.2) is 4.79 Å². The lowest BCUT2D eigenvalue weighted by molar-refractivity contribution is 0.156. The summed E-state index contributed by atoms with van der Waals surface area (Å²) in [7, 11) is 0. The summed E-state index contributed by atoms with van der Waals surface area (Å²) in [5.74, 6) is 1.24. The number of amides is 2. The number of likely N-dealkylation sites (tertiary alicyclic amines) is 1. The molecule has 5 heteroatoms. The number of aliphatic hydroxyl groups is 1. The zero-order chi connectivity index (χ0) is 14.3. The van der Waals surface area contributed by atoms with Crippen molar-refractivity contribution < 1.29 is 9.90 Å². The Hall–Kier alpha value is -0.810. The number of piperidine rings is 1. The molecule has 1 fully saturated rings. The predicted octanol–water partition coefficient (Wildman–Crippen LogP) is 1.03. The number of nitrogens with one attached hydrogen (secondary N) is 2. The second kappa shape index (κ2) is 8.38. The lowest BCUT2D eigenvalue weighted by atomic mass is 9.97. The molecular weight excluding hydrogens is 242 g/mol. The van der Waals surface area contributed by atoms with E-state index in [4.69, 9.17) is 5.11 Å². The number of carbonyl (C=O) groups excluding carboxylic acids is 1. The Kier molecular flexibility index (Phi) is 7.16. The molecule has 1 aliphatic heterocycles. The lowest BCUT2D eigenvalue weighted by Gasteiger charge is -2.33. The number of hydrogen-bond acceptors (Lipinski definition) is 3. The molecule has 19 heavy (non-hydrogen) atoms. The van der Waals surface area contributed by atoms with Gasteiger partial charge in [-0.15, -0.1) is 0 Å². The molecule has 1 unspecified atom stereocenters. The fourth-order valence-electron chi connectivity index (χ4n) is 2.56. The number of hydrogen-bond donors (Lipinski definition) is 3. The average molecular weight is 271 g/mol. The van der Waals surface area contributed by atoms with Crippen LogP contribution in [0.4, 0.5) is 4.79 Å². The van der Waals surface area contributed by atoms with Gasteiger partial charge < -0.3 is 20.6 Å². The lowest BCUT2D eigenvalue weighted by Crippen LogP contribution is -2.46. The molecule has 2 amide bonds. The standard InChI is InChI=1S/C14H29N3O2/c1-11(2)8-17-6-4-5-13(9-17)7-15-14(19)16-12(3)10-18/h11-13,18H,4-10H2,1-3H3,(H2,15,16,19)/t12-,13?/m0/s1. The van der Waals surface area contributed by atoms with Gasteiger partial charge in [-0.1, -0.05) is 13.8 Å². The molecular formula is C14H29N3O2. The summed E-state index contributed by atoms with van der Waals surface area (Å²) >= 11 is 0. The van der Waals surface area contributed by atoms with Crippen LogP contribution in [0.2, 0.25) is 0 Å². The maximum atomic E-state index is 11.6. The Morgan fingerprint density at radius 3 is 2.79 bits per heavy atom. The highest BCUT2D eigenvalue weighted by atomic mass is 16.3. The van der Waals surface area contributed by atoms with Crippen molar-refractivity contribution in [3.8, 4) is 0 Å². The van der Waals surface area contributed by atoms with Crippen molar-refractivity contribution in [1.29, 1.82) is 0 Å². The number of urea groups is 1. The number of nitrogens with zero attached hydrogens (tertiary/aromatic N) is 1. The van der Waals surface area contributed by atoms with Gasteiger partial charge in [0.15, 0.2) is 0 Å². The van der Waals surface area contributed by atoms with Gasteiger partial charge in [-0.3, -0.25) is 0 Å². The molecule has 112 valence electrons. The maximum Gasteiger partial charge on any atom is 0.315 e. The number of carbonyl (C=O) groups is 1. The van der Waals surface area contributed by atoms with E-state index in [1.54, 1.807) is 6.92 Å². The minimum atomic E-state index is -0.191. The molecule has 1 saturated heterocycles. The van der Waals surface area contributed by atoms with Crippen molar-refractivity contribution in [3.05, 3.63) is 0 Å². The minimum Gasteiger partial charge on any atom is -0.394 e. The van der Waals surface area contributed by atoms with Gasteiger partial charge in [0.2, 0.25) is 0 Å². The summed E-state index contributed by atoms with van der Waals surface area (Å²) in [4.78, 5) is 14.1. The summed E-state index contributed by atoms with van der Waals surface area (Å²) < 4.78 is 0. The topological polar surface area (TPSA) is 64.6 Å². The van der Waals surface area contributed by atoms with Crippen LogP contribution in [-0.2, 0) is 0 Å². The van der Waals surface area contributed by atoms with E-state index in [2.05, 4.69) is 29.4 Å². The van der Waals surface area contributed by atoms with E-state index in [9.17, 15) is 4.79 Å². The summed E-state index contributed by atoms with van der Waals surface area (Å²) in [5.41, 5.74) is 0. The molecule has 0 spiro atoms. The van der Waals surface area contributed by atoms with E-state index < -0.39 is 0 Å². The molecule has 0 radical (unpaired) electrons. The predicted molar refractivity (Wildman–Crippen MR) is 77.1 cm³/mol. The highest BCUT2D eigenvalue weighted by molar-refractivity contribution is 5.74. The van der Waals surface area contributed by atoms with E-state index in [-0.39, 0.29) is 18.7 Å². The third-order valence-electron chi connectivity index (χ3n) is 3.43. The van der Waals surface area contributed by atoms with Crippen molar-refractivity contribution in [2.45, 2.75) is 39.7 Å². The van der Waals surface area contributed by atoms with Crippen molar-refractivity contribution in [3.63, 3.8) is 0 Å². The first-order valence-electron chi connectivity index (χ1n) is 7.38. The molecule has 1 heterocycles. The highest BCUT2D eigenvalue weighted by Crippen LogP contribution is 2.16. The summed E-state index contributed by atoms with van der Waals surface area (Å²) in [6, 6.07) is -0.369. The molecule has 0 saturated carbocycles. The van der Waals surface area contributed by atoms with Crippen LogP contribution in [0.1, 0.15) is 33.6 Å². The smallest absolute Gasteiger partial charge is 0.315 e. The largest absolute Gasteiger partial charge is 0.394 e. The van der Waals surface area contributed by atoms with Crippen molar-refractivity contribution >= 4 is 6.03 Å². The van der Waals surface area contributed by atoms with Crippen LogP contribution in [0.15, 0.2) is 0 Å². The fraction of sp³-hybridized carbons (Fsp3) is 0.929. The Morgan fingerprint density at radius 2 is 2.16 bits per heavy atom. The van der Waals surface area contributed by atoms with Crippen molar-refractivity contribution in [2.75, 3.05) is 32.8 Å². The monoisotopic (exact) mass is 271 g/mol. The molecule has 0 aromatic heterocycles. The van der Waals surface area contributed by atoms with Gasteiger partial charge in [-0.05, 0) is 38.1 Å². The van der Waals surface area contributed by atoms with E-state index in [0.717, 1.165) is 19.6 Å². The molecule has 0 aliphatic carbocycles. The zero-order valence-electron chi connectivity index (χ0n) is 12.5. The van der Waals surface area contributed by atoms with Crippen molar-refractivity contribution in [2.24, 2.45) is 11.8 Å². The molecule has 5 nitrogen and oxygen atoms in total. The normalized spacial score (nSPS) is 22.3. The first-order valence-corrected chi connectivity index (χ1v) is 7.38. The highest BCUT2D eigenvalue weighted by Gasteiger charge is 2.20. The van der Waals surface area contributed by atoms with Crippen LogP contribution < -0.4 is 10.6 Å². The molecule has 1 aliphatic rings. The SMILES string of the molecule is CC(C)CN1CCCC(CNC(=O)N[C@@H](C)CO)C1. The zero-order valence-corrected chi connectivity index (χ0v) is 12.5. The van der Waals surface area contributed by atoms with Crippen LogP contribution >= 0.6 is 0 Å². The van der Waals surface area contributed by atoms with Gasteiger partial charge >= 0.3 is 6.03 Å². The average Bonchev–Trinajstić information content (AvgIpc) is 2.36. The van der Waals surface area contributed by atoms with Crippen molar-refractivity contribution in [1.82, 2.24) is 15.5 Å². The third-order valence-corrected chi connectivity index (χ3v) is 3.43. The molecule has 0 aromatic carbocycles. The Labute approximate surface area is 116 Å². The Bertz CT molecular complexity index is 271. The van der Waals surface area contributed by atoms with E-state index >= 15 is 0 Å². The number of aliphatic hydroxyl groups excluding tert-OH is 1. The minimum absolute atomic E-state index is 0.0288. The van der Waals surface area contributed by atoms with Gasteiger partial charge in [0.25, 0.3) is 0 Å². The Balaban J connectivity index is 2.23. The quantitative estimate of drug-likeness (QED) is 0.676.